The molecule has 0 aromatic heterocycles. The molecule has 15 N–H and O–H groups in total. The highest BCUT2D eigenvalue weighted by Gasteiger charge is 2.16. The predicted octanol–water partition coefficient (Wildman–Crippen LogP) is -1.10. The number of rotatable bonds is 14. The molecular weight excluding hydrogens is 498 g/mol. The summed E-state index contributed by atoms with van der Waals surface area (Å²) in [6.45, 7) is 5.83. The molecule has 216 valence electrons. The van der Waals surface area contributed by atoms with Crippen molar-refractivity contribution in [1.29, 1.82) is 0 Å². The molecule has 0 spiro atoms. The molecule has 0 saturated carbocycles. The third kappa shape index (κ3) is 32.0. The Balaban J connectivity index is -0.000000190. The zero-order chi connectivity index (χ0) is 29.4. The van der Waals surface area contributed by atoms with Crippen LogP contribution in [0.4, 0.5) is 0 Å². The van der Waals surface area contributed by atoms with Gasteiger partial charge in [-0.1, -0.05) is 20.3 Å². The van der Waals surface area contributed by atoms with Gasteiger partial charge in [0.05, 0.1) is 6.10 Å². The molecule has 0 aliphatic heterocycles. The molecule has 15 heteroatoms. The van der Waals surface area contributed by atoms with Gasteiger partial charge in [-0.05, 0) is 57.1 Å². The van der Waals surface area contributed by atoms with E-state index in [0.29, 0.717) is 31.7 Å². The summed E-state index contributed by atoms with van der Waals surface area (Å²) in [4.78, 5) is 40.2. The van der Waals surface area contributed by atoms with Crippen LogP contribution in [0.2, 0.25) is 0 Å². The number of aliphatic carboxylic acids is 4. The average Bonchev–Trinajstić information content (AvgIpc) is 2.77. The Hall–Kier alpha value is -2.01. The summed E-state index contributed by atoms with van der Waals surface area (Å²) in [7, 11) is 0. The van der Waals surface area contributed by atoms with Crippen LogP contribution in [0.25, 0.3) is 0 Å². The summed E-state index contributed by atoms with van der Waals surface area (Å²) in [6.07, 6.45) is 4.21. The molecule has 5 unspecified atom stereocenters. The van der Waals surface area contributed by atoms with E-state index in [1.807, 2.05) is 20.1 Å². The van der Waals surface area contributed by atoms with Crippen molar-refractivity contribution in [1.82, 2.24) is 0 Å². The molecule has 0 heterocycles. The number of carbonyl (C=O) groups is 4. The van der Waals surface area contributed by atoms with Gasteiger partial charge in [0.15, 0.2) is 0 Å². The van der Waals surface area contributed by atoms with Gasteiger partial charge in [-0.2, -0.15) is 11.8 Å². The minimum absolute atomic E-state index is 0.357. The van der Waals surface area contributed by atoms with Crippen molar-refractivity contribution in [3.05, 3.63) is 0 Å². The lowest BCUT2D eigenvalue weighted by Crippen LogP contribution is -2.39. The second-order valence-electron chi connectivity index (χ2n) is 8.13. The molecule has 0 saturated heterocycles. The summed E-state index contributed by atoms with van der Waals surface area (Å²) in [5.74, 6) is -2.77. The zero-order valence-electron chi connectivity index (χ0n) is 21.6. The second-order valence-corrected chi connectivity index (χ2v) is 9.12. The average molecular weight is 546 g/mol. The molecule has 0 fully saturated rings. The SMILES string of the molecule is CC(C)CC(N)C(=O)O.CC(O)C(N)C(=O)O.CSCCC(N)C(=O)O.NCCCCC(N)C(=O)O. The van der Waals surface area contributed by atoms with Gasteiger partial charge in [0.2, 0.25) is 0 Å². The fourth-order valence-electron chi connectivity index (χ4n) is 1.82. The predicted molar refractivity (Wildman–Crippen MR) is 139 cm³/mol. The van der Waals surface area contributed by atoms with E-state index in [-0.39, 0.29) is 0 Å². The Kier molecular flexibility index (Phi) is 29.8. The van der Waals surface area contributed by atoms with Crippen LogP contribution >= 0.6 is 11.8 Å². The fraction of sp³-hybridized carbons (Fsp3) is 0.810. The first-order valence-electron chi connectivity index (χ1n) is 11.3. The molecule has 36 heavy (non-hydrogen) atoms. The molecule has 0 rings (SSSR count). The third-order valence-corrected chi connectivity index (χ3v) is 4.73. The highest BCUT2D eigenvalue weighted by atomic mass is 32.2. The van der Waals surface area contributed by atoms with Crippen molar-refractivity contribution in [2.24, 2.45) is 34.6 Å². The highest BCUT2D eigenvalue weighted by molar-refractivity contribution is 7.98. The van der Waals surface area contributed by atoms with Crippen LogP contribution in [0, 0.1) is 5.92 Å². The second kappa shape index (κ2) is 26.1. The van der Waals surface area contributed by atoms with Gasteiger partial charge < -0.3 is 54.2 Å². The lowest BCUT2D eigenvalue weighted by molar-refractivity contribution is -0.141. The van der Waals surface area contributed by atoms with Crippen molar-refractivity contribution < 1.29 is 44.7 Å². The third-order valence-electron chi connectivity index (χ3n) is 4.08. The van der Waals surface area contributed by atoms with Crippen molar-refractivity contribution in [3.63, 3.8) is 0 Å². The molecule has 0 radical (unpaired) electrons. The van der Waals surface area contributed by atoms with Gasteiger partial charge >= 0.3 is 23.9 Å². The quantitative estimate of drug-likeness (QED) is 0.116. The molecule has 14 nitrogen and oxygen atoms in total. The first kappa shape index (κ1) is 41.1. The molecule has 0 aliphatic carbocycles. The fourth-order valence-corrected chi connectivity index (χ4v) is 2.31. The number of unbranched alkanes of at least 4 members (excludes halogenated alkanes) is 1. The van der Waals surface area contributed by atoms with E-state index in [2.05, 4.69) is 0 Å². The number of carboxylic acid groups (broad SMARTS) is 4. The number of nitrogens with two attached hydrogens (primary N) is 5. The smallest absolute Gasteiger partial charge is 0.323 e. The van der Waals surface area contributed by atoms with Crippen LogP contribution < -0.4 is 28.7 Å². The maximum atomic E-state index is 10.1. The van der Waals surface area contributed by atoms with Gasteiger partial charge in [-0.15, -0.1) is 0 Å². The standard InChI is InChI=1S/C6H14N2O2.C6H13NO2.C5H11NO2S.C4H9NO3/c7-4-2-1-3-5(8)6(9)10;1-4(2)3-5(7)6(8)9;1-9-3-2-4(6)5(7)8;1-2(6)3(5)4(7)8/h5H,1-4,7-8H2,(H,9,10);4-5H,3,7H2,1-2H3,(H,8,9);4H,2-3,6H2,1H3,(H,7,8);2-3,6H,5H2,1H3,(H,7,8). The molecule has 0 bridgehead atoms. The molecule has 0 aromatic rings. The normalized spacial score (nSPS) is 14.2. The number of aliphatic hydroxyl groups excluding tert-OH is 1. The summed E-state index contributed by atoms with van der Waals surface area (Å²) in [5.41, 5.74) is 25.7. The van der Waals surface area contributed by atoms with Crippen LogP contribution in [0.5, 0.6) is 0 Å². The van der Waals surface area contributed by atoms with Gasteiger partial charge in [0.25, 0.3) is 0 Å². The number of hydrogen-bond donors (Lipinski definition) is 10. The van der Waals surface area contributed by atoms with Crippen molar-refractivity contribution in [2.75, 3.05) is 18.6 Å². The highest BCUT2D eigenvalue weighted by Crippen LogP contribution is 2.01. The Morgan fingerprint density at radius 1 is 0.722 bits per heavy atom. The Bertz CT molecular complexity index is 598. The summed E-state index contributed by atoms with van der Waals surface area (Å²) in [5, 5.41) is 41.5. The van der Waals surface area contributed by atoms with E-state index in [1.165, 1.54) is 6.92 Å². The molecular formula is C21H47N5O9S. The number of aliphatic hydroxyl groups is 1. The Morgan fingerprint density at radius 3 is 1.36 bits per heavy atom. The first-order valence-corrected chi connectivity index (χ1v) is 12.7. The lowest BCUT2D eigenvalue weighted by Gasteiger charge is -2.07. The largest absolute Gasteiger partial charge is 0.480 e. The van der Waals surface area contributed by atoms with Crippen molar-refractivity contribution in [3.8, 4) is 0 Å². The van der Waals surface area contributed by atoms with E-state index in [4.69, 9.17) is 54.2 Å². The maximum Gasteiger partial charge on any atom is 0.323 e. The van der Waals surface area contributed by atoms with Gasteiger partial charge in [0.1, 0.15) is 24.2 Å². The van der Waals surface area contributed by atoms with Crippen LogP contribution in [0.3, 0.4) is 0 Å². The zero-order valence-corrected chi connectivity index (χ0v) is 22.4. The van der Waals surface area contributed by atoms with E-state index in [9.17, 15) is 19.2 Å². The minimum atomic E-state index is -1.18. The molecule has 0 aliphatic rings. The first-order chi connectivity index (χ1) is 16.5. The number of carboxylic acids is 4. The lowest BCUT2D eigenvalue weighted by atomic mass is 10.1. The summed E-state index contributed by atoms with van der Waals surface area (Å²) < 4.78 is 0. The van der Waals surface area contributed by atoms with Crippen LogP contribution in [-0.2, 0) is 19.2 Å². The van der Waals surface area contributed by atoms with Crippen molar-refractivity contribution in [2.45, 2.75) is 83.1 Å². The molecule has 0 amide bonds. The monoisotopic (exact) mass is 545 g/mol. The summed E-state index contributed by atoms with van der Waals surface area (Å²) >= 11 is 1.60. The topological polar surface area (TPSA) is 300 Å². The number of hydrogen-bond acceptors (Lipinski definition) is 11. The van der Waals surface area contributed by atoms with E-state index < -0.39 is 54.1 Å². The maximum absolute atomic E-state index is 10.1. The molecule has 5 atom stereocenters. The van der Waals surface area contributed by atoms with Gasteiger partial charge in [-0.25, -0.2) is 0 Å². The van der Waals surface area contributed by atoms with E-state index >= 15 is 0 Å². The summed E-state index contributed by atoms with van der Waals surface area (Å²) in [6, 6.07) is -3.25. The van der Waals surface area contributed by atoms with Crippen LogP contribution in [0.15, 0.2) is 0 Å². The van der Waals surface area contributed by atoms with Crippen LogP contribution in [0.1, 0.15) is 52.9 Å². The van der Waals surface area contributed by atoms with E-state index in [0.717, 1.165) is 18.6 Å². The molecule has 0 aromatic carbocycles. The Labute approximate surface area is 216 Å². The van der Waals surface area contributed by atoms with Crippen LogP contribution in [-0.4, -0.2) is 98.2 Å². The van der Waals surface area contributed by atoms with Crippen molar-refractivity contribution >= 4 is 35.6 Å². The Morgan fingerprint density at radius 2 is 1.14 bits per heavy atom. The van der Waals surface area contributed by atoms with Gasteiger partial charge in [-0.3, -0.25) is 19.2 Å². The van der Waals surface area contributed by atoms with Gasteiger partial charge in [0, 0.05) is 0 Å². The number of thioether (sulfide) groups is 1. The van der Waals surface area contributed by atoms with E-state index in [1.54, 1.807) is 11.8 Å². The minimum Gasteiger partial charge on any atom is -0.480 e.